The van der Waals surface area contributed by atoms with Crippen molar-refractivity contribution in [3.05, 3.63) is 48.1 Å². The predicted octanol–water partition coefficient (Wildman–Crippen LogP) is 2.31. The molecule has 0 radical (unpaired) electrons. The minimum absolute atomic E-state index is 0.0236. The van der Waals surface area contributed by atoms with E-state index in [1.165, 1.54) is 6.26 Å². The monoisotopic (exact) mass is 284 g/mol. The number of imidazole rings is 1. The molecule has 0 unspecified atom stereocenters. The average molecular weight is 284 g/mol. The number of fused-ring (bicyclic) bond motifs is 1. The first-order valence-corrected chi connectivity index (χ1v) is 6.74. The van der Waals surface area contributed by atoms with E-state index in [-0.39, 0.29) is 18.4 Å². The Labute approximate surface area is 121 Å². The highest BCUT2D eigenvalue weighted by Gasteiger charge is 2.20. The normalized spacial score (nSPS) is 12.5. The maximum Gasteiger partial charge on any atom is 0.230 e. The SMILES string of the molecule is C[C@H](c1ccon1)N(C)C(=O)Cc1nc2ccccc2[nH]1. The van der Waals surface area contributed by atoms with E-state index in [2.05, 4.69) is 15.1 Å². The van der Waals surface area contributed by atoms with Gasteiger partial charge in [-0.3, -0.25) is 4.79 Å². The molecule has 6 nitrogen and oxygen atoms in total. The quantitative estimate of drug-likeness (QED) is 0.797. The number of likely N-dealkylation sites (N-methyl/N-ethyl adjacent to an activating group) is 1. The summed E-state index contributed by atoms with van der Waals surface area (Å²) in [5.74, 6) is 0.643. The van der Waals surface area contributed by atoms with Gasteiger partial charge < -0.3 is 14.4 Å². The molecular formula is C15H16N4O2. The zero-order valence-corrected chi connectivity index (χ0v) is 11.9. The van der Waals surface area contributed by atoms with Crippen LogP contribution in [0.4, 0.5) is 0 Å². The number of carbonyl (C=O) groups is 1. The molecule has 2 heterocycles. The number of carbonyl (C=O) groups excluding carboxylic acids is 1. The van der Waals surface area contributed by atoms with Gasteiger partial charge in [-0.15, -0.1) is 0 Å². The molecule has 3 rings (SSSR count). The molecule has 21 heavy (non-hydrogen) atoms. The van der Waals surface area contributed by atoms with Crippen LogP contribution in [0.2, 0.25) is 0 Å². The highest BCUT2D eigenvalue weighted by molar-refractivity contribution is 5.80. The number of aromatic amines is 1. The summed E-state index contributed by atoms with van der Waals surface area (Å²) in [5.41, 5.74) is 2.54. The van der Waals surface area contributed by atoms with Crippen molar-refractivity contribution in [1.29, 1.82) is 0 Å². The third kappa shape index (κ3) is 2.65. The zero-order valence-electron chi connectivity index (χ0n) is 11.9. The molecule has 108 valence electrons. The van der Waals surface area contributed by atoms with E-state index in [4.69, 9.17) is 4.52 Å². The van der Waals surface area contributed by atoms with Crippen LogP contribution < -0.4 is 0 Å². The summed E-state index contributed by atoms with van der Waals surface area (Å²) >= 11 is 0. The second kappa shape index (κ2) is 5.40. The van der Waals surface area contributed by atoms with Crippen LogP contribution in [0.1, 0.15) is 24.5 Å². The summed E-state index contributed by atoms with van der Waals surface area (Å²) < 4.78 is 4.82. The Morgan fingerprint density at radius 3 is 2.90 bits per heavy atom. The zero-order chi connectivity index (χ0) is 14.8. The standard InChI is InChI=1S/C15H16N4O2/c1-10(11-7-8-21-18-11)19(2)15(20)9-14-16-12-5-3-4-6-13(12)17-14/h3-8,10H,9H2,1-2H3,(H,16,17)/t10-/m1/s1. The fourth-order valence-electron chi connectivity index (χ4n) is 2.21. The van der Waals surface area contributed by atoms with E-state index in [0.29, 0.717) is 5.82 Å². The van der Waals surface area contributed by atoms with Crippen molar-refractivity contribution >= 4 is 16.9 Å². The first kappa shape index (κ1) is 13.4. The number of hydrogen-bond donors (Lipinski definition) is 1. The van der Waals surface area contributed by atoms with Crippen LogP contribution in [0.15, 0.2) is 41.1 Å². The van der Waals surface area contributed by atoms with E-state index in [9.17, 15) is 4.79 Å². The summed E-state index contributed by atoms with van der Waals surface area (Å²) in [6, 6.07) is 9.34. The van der Waals surface area contributed by atoms with E-state index >= 15 is 0 Å². The van der Waals surface area contributed by atoms with E-state index in [0.717, 1.165) is 16.7 Å². The number of amides is 1. The molecule has 0 spiro atoms. The molecule has 6 heteroatoms. The highest BCUT2D eigenvalue weighted by atomic mass is 16.5. The predicted molar refractivity (Wildman–Crippen MR) is 77.5 cm³/mol. The van der Waals surface area contributed by atoms with Gasteiger partial charge >= 0.3 is 0 Å². The Morgan fingerprint density at radius 2 is 2.19 bits per heavy atom. The molecule has 1 aromatic carbocycles. The van der Waals surface area contributed by atoms with Gasteiger partial charge in [-0.2, -0.15) is 0 Å². The Morgan fingerprint density at radius 1 is 1.38 bits per heavy atom. The van der Waals surface area contributed by atoms with Crippen molar-refractivity contribution in [2.24, 2.45) is 0 Å². The van der Waals surface area contributed by atoms with Crippen molar-refractivity contribution in [1.82, 2.24) is 20.0 Å². The summed E-state index contributed by atoms with van der Waals surface area (Å²) in [6.45, 7) is 1.91. The van der Waals surface area contributed by atoms with E-state index in [1.54, 1.807) is 18.0 Å². The molecule has 0 aliphatic rings. The fourth-order valence-corrected chi connectivity index (χ4v) is 2.21. The lowest BCUT2D eigenvalue weighted by Gasteiger charge is -2.22. The van der Waals surface area contributed by atoms with Gasteiger partial charge in [-0.25, -0.2) is 4.98 Å². The van der Waals surface area contributed by atoms with Gasteiger partial charge in [0.2, 0.25) is 5.91 Å². The maximum atomic E-state index is 12.3. The van der Waals surface area contributed by atoms with Gasteiger partial charge in [0, 0.05) is 13.1 Å². The summed E-state index contributed by atoms with van der Waals surface area (Å²) in [6.07, 6.45) is 1.73. The third-order valence-corrected chi connectivity index (χ3v) is 3.62. The van der Waals surface area contributed by atoms with Crippen LogP contribution in [0.25, 0.3) is 11.0 Å². The third-order valence-electron chi connectivity index (χ3n) is 3.62. The lowest BCUT2D eigenvalue weighted by Crippen LogP contribution is -2.31. The number of H-pyrrole nitrogens is 1. The van der Waals surface area contributed by atoms with E-state index in [1.807, 2.05) is 31.2 Å². The maximum absolute atomic E-state index is 12.3. The number of nitrogens with zero attached hydrogens (tertiary/aromatic N) is 3. The molecule has 1 N–H and O–H groups in total. The number of para-hydroxylation sites is 2. The van der Waals surface area contributed by atoms with Gasteiger partial charge in [0.05, 0.1) is 23.5 Å². The van der Waals surface area contributed by atoms with Crippen LogP contribution in [-0.2, 0) is 11.2 Å². The number of rotatable bonds is 4. The lowest BCUT2D eigenvalue weighted by molar-refractivity contribution is -0.131. The molecule has 0 saturated carbocycles. The van der Waals surface area contributed by atoms with Crippen molar-refractivity contribution in [2.45, 2.75) is 19.4 Å². The smallest absolute Gasteiger partial charge is 0.230 e. The fraction of sp³-hybridized carbons (Fsp3) is 0.267. The Kier molecular flexibility index (Phi) is 3.43. The average Bonchev–Trinajstić information content (AvgIpc) is 3.14. The lowest BCUT2D eigenvalue weighted by atomic mass is 10.2. The molecule has 0 fully saturated rings. The first-order valence-electron chi connectivity index (χ1n) is 6.74. The highest BCUT2D eigenvalue weighted by Crippen LogP contribution is 2.18. The van der Waals surface area contributed by atoms with Crippen LogP contribution in [-0.4, -0.2) is 33.0 Å². The summed E-state index contributed by atoms with van der Waals surface area (Å²) in [7, 11) is 1.75. The first-order chi connectivity index (χ1) is 10.1. The Bertz CT molecular complexity index is 715. The van der Waals surface area contributed by atoms with Gasteiger partial charge in [-0.1, -0.05) is 17.3 Å². The van der Waals surface area contributed by atoms with Gasteiger partial charge in [-0.05, 0) is 19.1 Å². The number of benzene rings is 1. The minimum Gasteiger partial charge on any atom is -0.364 e. The Hall–Kier alpha value is -2.63. The number of hydrogen-bond acceptors (Lipinski definition) is 4. The molecule has 2 aromatic heterocycles. The molecule has 1 atom stereocenters. The molecule has 1 amide bonds. The summed E-state index contributed by atoms with van der Waals surface area (Å²) in [4.78, 5) is 21.6. The van der Waals surface area contributed by atoms with Crippen molar-refractivity contribution in [3.8, 4) is 0 Å². The topological polar surface area (TPSA) is 75.0 Å². The molecule has 0 bridgehead atoms. The largest absolute Gasteiger partial charge is 0.364 e. The van der Waals surface area contributed by atoms with Crippen LogP contribution in [0.3, 0.4) is 0 Å². The molecule has 0 aliphatic heterocycles. The van der Waals surface area contributed by atoms with Crippen molar-refractivity contribution < 1.29 is 9.32 Å². The molecular weight excluding hydrogens is 268 g/mol. The Balaban J connectivity index is 1.73. The van der Waals surface area contributed by atoms with Gasteiger partial charge in [0.25, 0.3) is 0 Å². The molecule has 0 aliphatic carbocycles. The second-order valence-corrected chi connectivity index (χ2v) is 4.98. The number of aromatic nitrogens is 3. The van der Waals surface area contributed by atoms with Crippen LogP contribution >= 0.6 is 0 Å². The van der Waals surface area contributed by atoms with Crippen molar-refractivity contribution in [3.63, 3.8) is 0 Å². The van der Waals surface area contributed by atoms with E-state index < -0.39 is 0 Å². The van der Waals surface area contributed by atoms with Crippen LogP contribution in [0, 0.1) is 0 Å². The second-order valence-electron chi connectivity index (χ2n) is 4.98. The van der Waals surface area contributed by atoms with Gasteiger partial charge in [0.1, 0.15) is 17.8 Å². The number of nitrogens with one attached hydrogen (secondary N) is 1. The minimum atomic E-state index is -0.138. The van der Waals surface area contributed by atoms with Crippen molar-refractivity contribution in [2.75, 3.05) is 7.05 Å². The summed E-state index contributed by atoms with van der Waals surface area (Å²) in [5, 5.41) is 3.87. The van der Waals surface area contributed by atoms with Gasteiger partial charge in [0.15, 0.2) is 0 Å². The molecule has 0 saturated heterocycles. The van der Waals surface area contributed by atoms with Crippen LogP contribution in [0.5, 0.6) is 0 Å². The molecule has 3 aromatic rings.